The van der Waals surface area contributed by atoms with Gasteiger partial charge < -0.3 is 5.32 Å². The SMILES string of the molecule is CC(C)CNCc1nnnn1Cc1ccc(Cl)cc1. The monoisotopic (exact) mass is 279 g/mol. The molecule has 0 aliphatic rings. The molecule has 0 aliphatic carbocycles. The molecular formula is C13H18ClN5. The fourth-order valence-corrected chi connectivity index (χ4v) is 1.83. The molecule has 2 aromatic rings. The highest BCUT2D eigenvalue weighted by molar-refractivity contribution is 6.30. The third-order valence-corrected chi connectivity index (χ3v) is 2.94. The lowest BCUT2D eigenvalue weighted by molar-refractivity contribution is 0.523. The van der Waals surface area contributed by atoms with Crippen LogP contribution in [0.25, 0.3) is 0 Å². The van der Waals surface area contributed by atoms with Gasteiger partial charge in [0.1, 0.15) is 0 Å². The minimum absolute atomic E-state index is 0.612. The van der Waals surface area contributed by atoms with E-state index in [0.29, 0.717) is 19.0 Å². The Morgan fingerprint density at radius 1 is 1.26 bits per heavy atom. The molecule has 19 heavy (non-hydrogen) atoms. The van der Waals surface area contributed by atoms with E-state index in [2.05, 4.69) is 34.7 Å². The number of hydrogen-bond donors (Lipinski definition) is 1. The summed E-state index contributed by atoms with van der Waals surface area (Å²) in [6.45, 7) is 6.63. The van der Waals surface area contributed by atoms with Gasteiger partial charge >= 0.3 is 0 Å². The second kappa shape index (κ2) is 6.63. The van der Waals surface area contributed by atoms with Gasteiger partial charge in [0.2, 0.25) is 0 Å². The van der Waals surface area contributed by atoms with Crippen LogP contribution in [-0.4, -0.2) is 26.8 Å². The Hall–Kier alpha value is -1.46. The molecule has 2 rings (SSSR count). The number of benzene rings is 1. The lowest BCUT2D eigenvalue weighted by Crippen LogP contribution is -2.22. The summed E-state index contributed by atoms with van der Waals surface area (Å²) in [7, 11) is 0. The minimum atomic E-state index is 0.612. The van der Waals surface area contributed by atoms with Crippen molar-refractivity contribution in [1.82, 2.24) is 25.5 Å². The molecule has 0 atom stereocenters. The van der Waals surface area contributed by atoms with Gasteiger partial charge in [0.15, 0.2) is 5.82 Å². The van der Waals surface area contributed by atoms with Crippen molar-refractivity contribution in [1.29, 1.82) is 0 Å². The average molecular weight is 280 g/mol. The third kappa shape index (κ3) is 4.29. The van der Waals surface area contributed by atoms with E-state index in [9.17, 15) is 0 Å². The van der Waals surface area contributed by atoms with Gasteiger partial charge in [-0.05, 0) is 40.6 Å². The Labute approximate surface area is 118 Å². The molecule has 1 heterocycles. The van der Waals surface area contributed by atoms with Crippen LogP contribution >= 0.6 is 11.6 Å². The highest BCUT2D eigenvalue weighted by Crippen LogP contribution is 2.10. The predicted molar refractivity (Wildman–Crippen MR) is 74.9 cm³/mol. The summed E-state index contributed by atoms with van der Waals surface area (Å²) in [5, 5.41) is 15.9. The van der Waals surface area contributed by atoms with Crippen LogP contribution in [0.15, 0.2) is 24.3 Å². The van der Waals surface area contributed by atoms with Crippen LogP contribution in [-0.2, 0) is 13.1 Å². The van der Waals surface area contributed by atoms with Gasteiger partial charge in [0.05, 0.1) is 13.1 Å². The fourth-order valence-electron chi connectivity index (χ4n) is 1.71. The molecule has 0 amide bonds. The highest BCUT2D eigenvalue weighted by atomic mass is 35.5. The van der Waals surface area contributed by atoms with Crippen molar-refractivity contribution >= 4 is 11.6 Å². The van der Waals surface area contributed by atoms with Crippen LogP contribution < -0.4 is 5.32 Å². The first kappa shape index (κ1) is 14.0. The van der Waals surface area contributed by atoms with Crippen LogP contribution in [0.5, 0.6) is 0 Å². The van der Waals surface area contributed by atoms with Gasteiger partial charge in [0.25, 0.3) is 0 Å². The number of halogens is 1. The maximum Gasteiger partial charge on any atom is 0.165 e. The maximum atomic E-state index is 5.87. The molecule has 6 heteroatoms. The van der Waals surface area contributed by atoms with E-state index in [0.717, 1.165) is 23.0 Å². The number of nitrogens with one attached hydrogen (secondary N) is 1. The number of hydrogen-bond acceptors (Lipinski definition) is 4. The highest BCUT2D eigenvalue weighted by Gasteiger charge is 2.06. The molecule has 0 saturated carbocycles. The number of nitrogens with zero attached hydrogens (tertiary/aromatic N) is 4. The molecule has 1 N–H and O–H groups in total. The Balaban J connectivity index is 1.97. The van der Waals surface area contributed by atoms with E-state index in [4.69, 9.17) is 11.6 Å². The standard InChI is InChI=1S/C13H18ClN5/c1-10(2)7-15-8-13-16-17-18-19(13)9-11-3-5-12(14)6-4-11/h3-6,10,15H,7-9H2,1-2H3. The molecule has 1 aromatic heterocycles. The van der Waals surface area contributed by atoms with Crippen molar-refractivity contribution in [2.45, 2.75) is 26.9 Å². The first-order chi connectivity index (χ1) is 9.15. The summed E-state index contributed by atoms with van der Waals surface area (Å²) in [6.07, 6.45) is 0. The molecule has 0 aliphatic heterocycles. The van der Waals surface area contributed by atoms with E-state index in [1.807, 2.05) is 24.3 Å². The van der Waals surface area contributed by atoms with Crippen molar-refractivity contribution in [2.24, 2.45) is 5.92 Å². The molecule has 0 unspecified atom stereocenters. The van der Waals surface area contributed by atoms with E-state index in [1.54, 1.807) is 4.68 Å². The minimum Gasteiger partial charge on any atom is -0.310 e. The molecule has 0 radical (unpaired) electrons. The molecule has 0 fully saturated rings. The van der Waals surface area contributed by atoms with Crippen LogP contribution in [0.3, 0.4) is 0 Å². The van der Waals surface area contributed by atoms with Gasteiger partial charge in [-0.1, -0.05) is 37.6 Å². The van der Waals surface area contributed by atoms with Crippen molar-refractivity contribution < 1.29 is 0 Å². The summed E-state index contributed by atoms with van der Waals surface area (Å²) in [5.41, 5.74) is 1.13. The molecular weight excluding hydrogens is 262 g/mol. The molecule has 0 spiro atoms. The van der Waals surface area contributed by atoms with Crippen molar-refractivity contribution in [2.75, 3.05) is 6.54 Å². The number of tetrazole rings is 1. The quantitative estimate of drug-likeness (QED) is 0.880. The first-order valence-electron chi connectivity index (χ1n) is 6.35. The van der Waals surface area contributed by atoms with Crippen LogP contribution in [0, 0.1) is 5.92 Å². The van der Waals surface area contributed by atoms with Crippen LogP contribution in [0.1, 0.15) is 25.2 Å². The van der Waals surface area contributed by atoms with Crippen molar-refractivity contribution in [3.8, 4) is 0 Å². The summed E-state index contributed by atoms with van der Waals surface area (Å²) in [6, 6.07) is 7.71. The molecule has 0 bridgehead atoms. The summed E-state index contributed by atoms with van der Waals surface area (Å²) in [4.78, 5) is 0. The second-order valence-electron chi connectivity index (χ2n) is 4.90. The molecule has 5 nitrogen and oxygen atoms in total. The molecule has 1 aromatic carbocycles. The number of rotatable bonds is 6. The first-order valence-corrected chi connectivity index (χ1v) is 6.73. The van der Waals surface area contributed by atoms with Crippen LogP contribution in [0.2, 0.25) is 5.02 Å². The molecule has 102 valence electrons. The van der Waals surface area contributed by atoms with Gasteiger partial charge in [0, 0.05) is 5.02 Å². The summed E-state index contributed by atoms with van der Waals surface area (Å²) in [5.74, 6) is 1.45. The van der Waals surface area contributed by atoms with Crippen LogP contribution in [0.4, 0.5) is 0 Å². The van der Waals surface area contributed by atoms with E-state index in [-0.39, 0.29) is 0 Å². The largest absolute Gasteiger partial charge is 0.310 e. The normalized spacial score (nSPS) is 11.2. The Bertz CT molecular complexity index is 506. The zero-order chi connectivity index (χ0) is 13.7. The summed E-state index contributed by atoms with van der Waals surface area (Å²) < 4.78 is 1.80. The number of aromatic nitrogens is 4. The summed E-state index contributed by atoms with van der Waals surface area (Å²) >= 11 is 5.87. The second-order valence-corrected chi connectivity index (χ2v) is 5.34. The van der Waals surface area contributed by atoms with Crippen molar-refractivity contribution in [3.05, 3.63) is 40.7 Å². The lowest BCUT2D eigenvalue weighted by Gasteiger charge is -2.08. The lowest BCUT2D eigenvalue weighted by atomic mass is 10.2. The fraction of sp³-hybridized carbons (Fsp3) is 0.462. The third-order valence-electron chi connectivity index (χ3n) is 2.69. The van der Waals surface area contributed by atoms with Crippen molar-refractivity contribution in [3.63, 3.8) is 0 Å². The van der Waals surface area contributed by atoms with Gasteiger partial charge in [-0.25, -0.2) is 4.68 Å². The Morgan fingerprint density at radius 2 is 2.00 bits per heavy atom. The van der Waals surface area contributed by atoms with Gasteiger partial charge in [-0.3, -0.25) is 0 Å². The topological polar surface area (TPSA) is 55.6 Å². The van der Waals surface area contributed by atoms with Gasteiger partial charge in [-0.2, -0.15) is 0 Å². The zero-order valence-corrected chi connectivity index (χ0v) is 11.9. The Kier molecular flexibility index (Phi) is 4.87. The smallest absolute Gasteiger partial charge is 0.165 e. The zero-order valence-electron chi connectivity index (χ0n) is 11.2. The van der Waals surface area contributed by atoms with Gasteiger partial charge in [-0.15, -0.1) is 5.10 Å². The van der Waals surface area contributed by atoms with E-state index >= 15 is 0 Å². The Morgan fingerprint density at radius 3 is 2.68 bits per heavy atom. The predicted octanol–water partition coefficient (Wildman–Crippen LogP) is 2.12. The maximum absolute atomic E-state index is 5.87. The van der Waals surface area contributed by atoms with E-state index < -0.39 is 0 Å². The van der Waals surface area contributed by atoms with E-state index in [1.165, 1.54) is 0 Å². The average Bonchev–Trinajstić information content (AvgIpc) is 2.79. The molecule has 0 saturated heterocycles.